The van der Waals surface area contributed by atoms with Crippen molar-refractivity contribution < 1.29 is 9.53 Å². The number of nitrogens with zero attached hydrogens (tertiary/aromatic N) is 2. The van der Waals surface area contributed by atoms with Crippen LogP contribution in [0.3, 0.4) is 0 Å². The zero-order chi connectivity index (χ0) is 12.8. The maximum absolute atomic E-state index is 11.2. The Bertz CT molecular complexity index is 467. The molecule has 1 aromatic rings. The van der Waals surface area contributed by atoms with Gasteiger partial charge in [0, 0.05) is 19.8 Å². The summed E-state index contributed by atoms with van der Waals surface area (Å²) in [5.41, 5.74) is 1.83. The largest absolute Gasteiger partial charge is 0.465 e. The summed E-state index contributed by atoms with van der Waals surface area (Å²) < 4.78 is 4.50. The number of hydrogen-bond donors (Lipinski definition) is 0. The lowest BCUT2D eigenvalue weighted by Crippen LogP contribution is -2.08. The zero-order valence-corrected chi connectivity index (χ0v) is 10.1. The van der Waals surface area contributed by atoms with Crippen LogP contribution in [0.4, 0.5) is 5.69 Å². The van der Waals surface area contributed by atoms with Gasteiger partial charge in [-0.15, -0.1) is 0 Å². The van der Waals surface area contributed by atoms with Crippen molar-refractivity contribution in [3.63, 3.8) is 0 Å². The van der Waals surface area contributed by atoms with Crippen molar-refractivity contribution in [2.45, 2.75) is 0 Å². The molecule has 0 aliphatic carbocycles. The van der Waals surface area contributed by atoms with Crippen molar-refractivity contribution in [2.75, 3.05) is 26.1 Å². The van der Waals surface area contributed by atoms with E-state index in [0.29, 0.717) is 0 Å². The predicted molar refractivity (Wildman–Crippen MR) is 66.4 cm³/mol. The average molecular weight is 230 g/mol. The Balaban J connectivity index is 2.98. The molecule has 0 radical (unpaired) electrons. The van der Waals surface area contributed by atoms with Crippen LogP contribution in [0.5, 0.6) is 0 Å². The molecule has 1 aromatic carbocycles. The molecule has 0 fully saturated rings. The first-order chi connectivity index (χ1) is 8.08. The van der Waals surface area contributed by atoms with E-state index in [-0.39, 0.29) is 5.57 Å². The van der Waals surface area contributed by atoms with E-state index in [1.54, 1.807) is 0 Å². The summed E-state index contributed by atoms with van der Waals surface area (Å²) in [4.78, 5) is 13.2. The molecule has 17 heavy (non-hydrogen) atoms. The van der Waals surface area contributed by atoms with Crippen LogP contribution in [0.1, 0.15) is 5.56 Å². The quantitative estimate of drug-likeness (QED) is 0.451. The van der Waals surface area contributed by atoms with E-state index in [2.05, 4.69) is 4.74 Å². The van der Waals surface area contributed by atoms with Gasteiger partial charge in [-0.25, -0.2) is 4.79 Å². The lowest BCUT2D eigenvalue weighted by molar-refractivity contribution is -0.135. The molecule has 0 bridgehead atoms. The molecule has 0 aromatic heterocycles. The van der Waals surface area contributed by atoms with Crippen LogP contribution < -0.4 is 4.90 Å². The predicted octanol–water partition coefficient (Wildman–Crippen LogP) is 1.83. The van der Waals surface area contributed by atoms with E-state index >= 15 is 0 Å². The first-order valence-corrected chi connectivity index (χ1v) is 5.06. The number of nitriles is 1. The molecule has 1 rings (SSSR count). The van der Waals surface area contributed by atoms with Gasteiger partial charge in [-0.1, -0.05) is 12.1 Å². The van der Waals surface area contributed by atoms with Crippen LogP contribution in [0.15, 0.2) is 29.8 Å². The molecule has 0 heterocycles. The average Bonchev–Trinajstić information content (AvgIpc) is 2.35. The standard InChI is InChI=1S/C13H14N2O2/c1-15(2)12-6-4-10(5-7-12)8-11(9-14)13(16)17-3/h4-8H,1-3H3. The summed E-state index contributed by atoms with van der Waals surface area (Å²) in [7, 11) is 5.14. The normalized spacial score (nSPS) is 10.6. The second kappa shape index (κ2) is 5.71. The minimum Gasteiger partial charge on any atom is -0.465 e. The second-order valence-corrected chi connectivity index (χ2v) is 3.65. The Morgan fingerprint density at radius 1 is 1.35 bits per heavy atom. The van der Waals surface area contributed by atoms with Crippen LogP contribution in [0.25, 0.3) is 6.08 Å². The Morgan fingerprint density at radius 3 is 2.35 bits per heavy atom. The van der Waals surface area contributed by atoms with E-state index in [1.165, 1.54) is 13.2 Å². The zero-order valence-electron chi connectivity index (χ0n) is 10.1. The highest BCUT2D eigenvalue weighted by Gasteiger charge is 2.08. The van der Waals surface area contributed by atoms with Gasteiger partial charge < -0.3 is 9.64 Å². The third-order valence-corrected chi connectivity index (χ3v) is 2.25. The first-order valence-electron chi connectivity index (χ1n) is 5.06. The number of methoxy groups -OCH3 is 1. The molecular formula is C13H14N2O2. The van der Waals surface area contributed by atoms with E-state index < -0.39 is 5.97 Å². The van der Waals surface area contributed by atoms with E-state index in [1.807, 2.05) is 49.3 Å². The molecule has 88 valence electrons. The summed E-state index contributed by atoms with van der Waals surface area (Å²) in [6, 6.07) is 9.33. The summed E-state index contributed by atoms with van der Waals surface area (Å²) >= 11 is 0. The summed E-state index contributed by atoms with van der Waals surface area (Å²) in [6.07, 6.45) is 1.51. The van der Waals surface area contributed by atoms with Crippen molar-refractivity contribution >= 4 is 17.7 Å². The summed E-state index contributed by atoms with van der Waals surface area (Å²) in [5.74, 6) is -0.621. The monoisotopic (exact) mass is 230 g/mol. The van der Waals surface area contributed by atoms with Crippen LogP contribution in [-0.2, 0) is 9.53 Å². The Kier molecular flexibility index (Phi) is 4.29. The SMILES string of the molecule is COC(=O)C(C#N)=Cc1ccc(N(C)C)cc1. The molecule has 0 spiro atoms. The second-order valence-electron chi connectivity index (χ2n) is 3.65. The fraction of sp³-hybridized carbons (Fsp3) is 0.231. The van der Waals surface area contributed by atoms with Gasteiger partial charge in [-0.05, 0) is 23.8 Å². The van der Waals surface area contributed by atoms with Crippen molar-refractivity contribution in [2.24, 2.45) is 0 Å². The molecule has 0 amide bonds. The lowest BCUT2D eigenvalue weighted by Gasteiger charge is -2.11. The number of rotatable bonds is 3. The summed E-state index contributed by atoms with van der Waals surface area (Å²) in [6.45, 7) is 0. The third kappa shape index (κ3) is 3.35. The van der Waals surface area contributed by atoms with Gasteiger partial charge in [0.2, 0.25) is 0 Å². The van der Waals surface area contributed by atoms with Gasteiger partial charge in [0.05, 0.1) is 7.11 Å². The van der Waals surface area contributed by atoms with Gasteiger partial charge in [0.15, 0.2) is 0 Å². The van der Waals surface area contributed by atoms with Gasteiger partial charge >= 0.3 is 5.97 Å². The summed E-state index contributed by atoms with van der Waals surface area (Å²) in [5, 5.41) is 8.80. The van der Waals surface area contributed by atoms with Crippen molar-refractivity contribution in [3.05, 3.63) is 35.4 Å². The Labute approximate surface area is 101 Å². The Morgan fingerprint density at radius 2 is 1.94 bits per heavy atom. The number of ether oxygens (including phenoxy) is 1. The van der Waals surface area contributed by atoms with E-state index in [4.69, 9.17) is 5.26 Å². The minimum atomic E-state index is -0.621. The maximum atomic E-state index is 11.2. The molecule has 4 heteroatoms. The molecule has 0 unspecified atom stereocenters. The van der Waals surface area contributed by atoms with Crippen LogP contribution in [0.2, 0.25) is 0 Å². The molecule has 0 aliphatic heterocycles. The van der Waals surface area contributed by atoms with Crippen LogP contribution >= 0.6 is 0 Å². The smallest absolute Gasteiger partial charge is 0.348 e. The highest BCUT2D eigenvalue weighted by atomic mass is 16.5. The molecule has 0 atom stereocenters. The van der Waals surface area contributed by atoms with Crippen LogP contribution in [0, 0.1) is 11.3 Å². The number of anilines is 1. The van der Waals surface area contributed by atoms with Crippen molar-refractivity contribution in [1.29, 1.82) is 5.26 Å². The third-order valence-electron chi connectivity index (χ3n) is 2.25. The van der Waals surface area contributed by atoms with Gasteiger partial charge in [-0.2, -0.15) is 5.26 Å². The molecule has 0 N–H and O–H groups in total. The van der Waals surface area contributed by atoms with Crippen LogP contribution in [-0.4, -0.2) is 27.2 Å². The molecule has 0 saturated heterocycles. The molecule has 0 aliphatic rings. The fourth-order valence-corrected chi connectivity index (χ4v) is 1.28. The minimum absolute atomic E-state index is 0.00916. The number of hydrogen-bond acceptors (Lipinski definition) is 4. The topological polar surface area (TPSA) is 53.3 Å². The molecule has 4 nitrogen and oxygen atoms in total. The number of carbonyl (C=O) groups excluding carboxylic acids is 1. The van der Waals surface area contributed by atoms with Gasteiger partial charge in [0.25, 0.3) is 0 Å². The highest BCUT2D eigenvalue weighted by Crippen LogP contribution is 2.14. The lowest BCUT2D eigenvalue weighted by atomic mass is 10.1. The van der Waals surface area contributed by atoms with Gasteiger partial charge in [-0.3, -0.25) is 0 Å². The van der Waals surface area contributed by atoms with Gasteiger partial charge in [0.1, 0.15) is 11.6 Å². The van der Waals surface area contributed by atoms with Crippen molar-refractivity contribution in [1.82, 2.24) is 0 Å². The number of benzene rings is 1. The highest BCUT2D eigenvalue weighted by molar-refractivity contribution is 5.97. The Hall–Kier alpha value is -2.28. The maximum Gasteiger partial charge on any atom is 0.348 e. The van der Waals surface area contributed by atoms with E-state index in [0.717, 1.165) is 11.3 Å². The van der Waals surface area contributed by atoms with Crippen molar-refractivity contribution in [3.8, 4) is 6.07 Å². The van der Waals surface area contributed by atoms with E-state index in [9.17, 15) is 4.79 Å². The first kappa shape index (κ1) is 12.8. The number of carbonyl (C=O) groups is 1. The molecule has 0 saturated carbocycles. The number of esters is 1. The molecular weight excluding hydrogens is 216 g/mol. The fourth-order valence-electron chi connectivity index (χ4n) is 1.28.